The molecule has 0 aromatic carbocycles. The predicted molar refractivity (Wildman–Crippen MR) is 99.7 cm³/mol. The van der Waals surface area contributed by atoms with E-state index in [-0.39, 0.29) is 33.8 Å². The molecule has 0 saturated carbocycles. The third-order valence-electron chi connectivity index (χ3n) is 3.46. The summed E-state index contributed by atoms with van der Waals surface area (Å²) < 4.78 is 83.0. The fourth-order valence-electron chi connectivity index (χ4n) is 2.29. The molecule has 16 heteroatoms. The minimum atomic E-state index is -3.67. The number of anilines is 1. The molecule has 32 heavy (non-hydrogen) atoms. The van der Waals surface area contributed by atoms with Crippen LogP contribution in [-0.4, -0.2) is 47.2 Å². The van der Waals surface area contributed by atoms with Gasteiger partial charge in [0, 0.05) is 6.42 Å². The molecular weight excluding hydrogens is 477 g/mol. The lowest BCUT2D eigenvalue weighted by molar-refractivity contribution is 0.00817. The van der Waals surface area contributed by atoms with Crippen LogP contribution in [0.5, 0.6) is 0 Å². The second kappa shape index (κ2) is 12.7. The van der Waals surface area contributed by atoms with E-state index in [1.54, 1.807) is 0 Å². The van der Waals surface area contributed by atoms with Crippen LogP contribution in [0.2, 0.25) is 5.02 Å². The first-order valence-electron chi connectivity index (χ1n) is 8.35. The van der Waals surface area contributed by atoms with Crippen LogP contribution in [0.3, 0.4) is 0 Å². The minimum absolute atomic E-state index is 0.0191. The average molecular weight is 493 g/mol. The predicted octanol–water partition coefficient (Wildman–Crippen LogP) is 4.26. The van der Waals surface area contributed by atoms with Crippen LogP contribution in [0.4, 0.5) is 36.6 Å². The number of pyridine rings is 1. The number of carbonyl (C=O) groups is 1. The van der Waals surface area contributed by atoms with E-state index in [1.807, 2.05) is 0 Å². The topological polar surface area (TPSA) is 107 Å². The van der Waals surface area contributed by atoms with Gasteiger partial charge >= 0.3 is 13.2 Å². The lowest BCUT2D eigenvalue weighted by Gasteiger charge is -2.19. The van der Waals surface area contributed by atoms with E-state index < -0.39 is 36.7 Å². The maximum Gasteiger partial charge on any atom is 0.379 e. The van der Waals surface area contributed by atoms with E-state index in [2.05, 4.69) is 20.4 Å². The van der Waals surface area contributed by atoms with Crippen LogP contribution in [0, 0.1) is 5.82 Å². The summed E-state index contributed by atoms with van der Waals surface area (Å²) in [6.07, 6.45) is 1.18. The summed E-state index contributed by atoms with van der Waals surface area (Å²) in [4.78, 5) is 20.2. The number of hydrogen-bond acceptors (Lipinski definition) is 6. The third kappa shape index (κ3) is 7.86. The van der Waals surface area contributed by atoms with E-state index in [0.717, 1.165) is 12.3 Å². The Kier molecular flexibility index (Phi) is 10.7. The molecule has 3 N–H and O–H groups in total. The van der Waals surface area contributed by atoms with E-state index in [9.17, 15) is 35.5 Å². The molecule has 0 fully saturated rings. The number of aromatic nitrogens is 3. The van der Waals surface area contributed by atoms with E-state index >= 15 is 0 Å². The first-order valence-corrected chi connectivity index (χ1v) is 8.73. The van der Waals surface area contributed by atoms with Crippen molar-refractivity contribution in [2.24, 2.45) is 10.7 Å². The molecular formula is C16H16ClF7N6O2. The van der Waals surface area contributed by atoms with Crippen molar-refractivity contribution in [2.45, 2.75) is 25.7 Å². The largest absolute Gasteiger partial charge is 0.465 e. The van der Waals surface area contributed by atoms with Gasteiger partial charge in [-0.05, 0) is 12.1 Å². The Labute approximate surface area is 181 Å². The molecule has 0 radical (unpaired) electrons. The second-order valence-electron chi connectivity index (χ2n) is 5.47. The molecule has 2 aromatic heterocycles. The van der Waals surface area contributed by atoms with Gasteiger partial charge in [0.05, 0.1) is 25.0 Å². The van der Waals surface area contributed by atoms with Gasteiger partial charge in [0.25, 0.3) is 11.9 Å². The van der Waals surface area contributed by atoms with Crippen molar-refractivity contribution in [3.05, 3.63) is 40.6 Å². The number of amides is 1. The summed E-state index contributed by atoms with van der Waals surface area (Å²) in [6, 6.07) is 1.56. The molecule has 1 aliphatic heterocycles. The first kappa shape index (κ1) is 26.9. The number of nitrogens with two attached hydrogens (primary N) is 1. The van der Waals surface area contributed by atoms with Crippen molar-refractivity contribution in [3.63, 3.8) is 0 Å². The zero-order chi connectivity index (χ0) is 24.4. The molecule has 1 unspecified atom stereocenters. The highest BCUT2D eigenvalue weighted by Gasteiger charge is 2.23. The van der Waals surface area contributed by atoms with Gasteiger partial charge in [-0.2, -0.15) is 27.1 Å². The number of aliphatic imine (C=N–C) groups is 1. The number of nitrogens with zero attached hydrogens (tertiary/aromatic N) is 4. The molecule has 1 aliphatic rings. The summed E-state index contributed by atoms with van der Waals surface area (Å²) in [7, 11) is 0.500. The number of ether oxygens (including phenoxy) is 1. The zero-order valence-electron chi connectivity index (χ0n) is 16.1. The summed E-state index contributed by atoms with van der Waals surface area (Å²) in [6.45, 7) is -6.36. The Bertz CT molecular complexity index is 926. The Morgan fingerprint density at radius 3 is 2.44 bits per heavy atom. The number of halogens is 8. The third-order valence-corrected chi connectivity index (χ3v) is 3.73. The van der Waals surface area contributed by atoms with Crippen molar-refractivity contribution >= 4 is 29.3 Å². The smallest absolute Gasteiger partial charge is 0.379 e. The highest BCUT2D eigenvalue weighted by molar-refractivity contribution is 6.34. The number of hydrogen-bond donors (Lipinski definition) is 2. The summed E-state index contributed by atoms with van der Waals surface area (Å²) in [5.41, 5.74) is 5.03. The van der Waals surface area contributed by atoms with Crippen LogP contribution >= 0.6 is 11.6 Å². The molecule has 0 saturated heterocycles. The van der Waals surface area contributed by atoms with Gasteiger partial charge < -0.3 is 15.8 Å². The quantitative estimate of drug-likeness (QED) is 0.620. The van der Waals surface area contributed by atoms with Gasteiger partial charge in [-0.15, -0.1) is 0 Å². The van der Waals surface area contributed by atoms with Gasteiger partial charge in [-0.3, -0.25) is 9.18 Å². The molecule has 1 atom stereocenters. The summed E-state index contributed by atoms with van der Waals surface area (Å²) in [5.74, 6) is -1.52. The minimum Gasteiger partial charge on any atom is -0.465 e. The molecule has 1 amide bonds. The first-order chi connectivity index (χ1) is 15.1. The van der Waals surface area contributed by atoms with Gasteiger partial charge in [-0.1, -0.05) is 11.6 Å². The zero-order valence-corrected chi connectivity index (χ0v) is 16.8. The molecule has 0 bridgehead atoms. The van der Waals surface area contributed by atoms with Crippen molar-refractivity contribution in [3.8, 4) is 0 Å². The molecule has 0 aliphatic carbocycles. The molecule has 0 spiro atoms. The van der Waals surface area contributed by atoms with E-state index in [4.69, 9.17) is 22.1 Å². The SMILES string of the molecule is CF.FC(F)F.NC1=NC(c2nc(NC(=O)c3nn(C(F)F)cc3Cl)ccc2F)CCO1. The van der Waals surface area contributed by atoms with E-state index in [1.165, 1.54) is 6.07 Å². The Morgan fingerprint density at radius 2 is 1.91 bits per heavy atom. The van der Waals surface area contributed by atoms with Crippen molar-refractivity contribution in [1.29, 1.82) is 0 Å². The van der Waals surface area contributed by atoms with Crippen LogP contribution in [0.25, 0.3) is 0 Å². The number of nitrogens with one attached hydrogen (secondary N) is 1. The fraction of sp³-hybridized carbons (Fsp3) is 0.375. The van der Waals surface area contributed by atoms with Crippen LogP contribution < -0.4 is 11.1 Å². The Balaban J connectivity index is 0.000000769. The van der Waals surface area contributed by atoms with E-state index in [0.29, 0.717) is 13.6 Å². The second-order valence-corrected chi connectivity index (χ2v) is 5.88. The number of rotatable bonds is 4. The lowest BCUT2D eigenvalue weighted by Crippen LogP contribution is -2.24. The molecule has 3 heterocycles. The average Bonchev–Trinajstić information content (AvgIpc) is 3.13. The van der Waals surface area contributed by atoms with Crippen molar-refractivity contribution in [2.75, 3.05) is 19.1 Å². The number of carbonyl (C=O) groups excluding carboxylic acids is 1. The molecule has 2 aromatic rings. The standard InChI is InChI=1S/C14H12ClF3N6O2.CHF3.CH3F/c15-6-5-24(13(17)18)23-10(6)12(25)22-9-2-1-7(16)11(21-9)8-3-4-26-14(19)20-8;2-1(3)4;1-2/h1-2,5,8,13H,3-4H2,(H2,19,20)(H,21,22,25);1H;1H3. The van der Waals surface area contributed by atoms with Crippen molar-refractivity contribution in [1.82, 2.24) is 14.8 Å². The maximum atomic E-state index is 14.1. The fourth-order valence-corrected chi connectivity index (χ4v) is 2.51. The van der Waals surface area contributed by atoms with Gasteiger partial charge in [0.1, 0.15) is 23.4 Å². The van der Waals surface area contributed by atoms with Crippen molar-refractivity contribution < 1.29 is 40.3 Å². The van der Waals surface area contributed by atoms with Crippen LogP contribution in [0.1, 0.15) is 35.2 Å². The lowest BCUT2D eigenvalue weighted by atomic mass is 10.1. The van der Waals surface area contributed by atoms with Gasteiger partial charge in [0.15, 0.2) is 5.69 Å². The number of amidine groups is 1. The van der Waals surface area contributed by atoms with Crippen LogP contribution in [0.15, 0.2) is 23.3 Å². The molecule has 178 valence electrons. The molecule has 8 nitrogen and oxygen atoms in total. The summed E-state index contributed by atoms with van der Waals surface area (Å²) in [5, 5.41) is 5.49. The molecule has 3 rings (SSSR count). The monoisotopic (exact) mass is 492 g/mol. The Morgan fingerprint density at radius 1 is 1.28 bits per heavy atom. The highest BCUT2D eigenvalue weighted by Crippen LogP contribution is 2.26. The normalized spacial score (nSPS) is 15.1. The Hall–Kier alpha value is -3.10. The van der Waals surface area contributed by atoms with Gasteiger partial charge in [0.2, 0.25) is 0 Å². The maximum absolute atomic E-state index is 14.1. The number of alkyl halides is 6. The van der Waals surface area contributed by atoms with Gasteiger partial charge in [-0.25, -0.2) is 19.0 Å². The van der Waals surface area contributed by atoms with Crippen LogP contribution in [-0.2, 0) is 4.74 Å². The summed E-state index contributed by atoms with van der Waals surface area (Å²) >= 11 is 5.74. The highest BCUT2D eigenvalue weighted by atomic mass is 35.5.